The summed E-state index contributed by atoms with van der Waals surface area (Å²) in [6.07, 6.45) is 0.422. The quantitative estimate of drug-likeness (QED) is 0.493. The van der Waals surface area contributed by atoms with Crippen LogP contribution in [0.5, 0.6) is 11.5 Å². The maximum absolute atomic E-state index is 13.9. The Kier molecular flexibility index (Phi) is 6.85. The Morgan fingerprint density at radius 2 is 1.55 bits per heavy atom. The van der Waals surface area contributed by atoms with E-state index in [0.717, 1.165) is 11.1 Å². The van der Waals surface area contributed by atoms with Gasteiger partial charge in [0.2, 0.25) is 5.91 Å². The molecule has 0 aliphatic carbocycles. The molecule has 3 aromatic carbocycles. The summed E-state index contributed by atoms with van der Waals surface area (Å²) in [6, 6.07) is 16.9. The fraction of sp³-hybridized carbons (Fsp3) is 0.286. The van der Waals surface area contributed by atoms with E-state index in [2.05, 4.69) is 5.32 Å². The van der Waals surface area contributed by atoms with Crippen molar-refractivity contribution in [3.63, 3.8) is 0 Å². The number of aliphatic carboxylic acids is 1. The van der Waals surface area contributed by atoms with E-state index in [1.165, 1.54) is 37.3 Å². The number of hydrogen-bond acceptors (Lipinski definition) is 7. The number of carbonyl (C=O) groups excluding carboxylic acids is 1. The summed E-state index contributed by atoms with van der Waals surface area (Å²) in [5.41, 5.74) is 3.02. The van der Waals surface area contributed by atoms with Crippen LogP contribution in [0.2, 0.25) is 0 Å². The number of amides is 1. The molecule has 5 rings (SSSR count). The third-order valence-corrected chi connectivity index (χ3v) is 9.14. The van der Waals surface area contributed by atoms with Crippen LogP contribution >= 0.6 is 0 Å². The summed E-state index contributed by atoms with van der Waals surface area (Å²) in [5, 5.41) is 11.8. The number of fused-ring (bicyclic) bond motifs is 2. The lowest BCUT2D eigenvalue weighted by Crippen LogP contribution is -2.57. The van der Waals surface area contributed by atoms with E-state index in [4.69, 9.17) is 9.47 Å². The minimum absolute atomic E-state index is 0.00543. The predicted octanol–water partition coefficient (Wildman–Crippen LogP) is 2.73. The molecule has 198 valence electrons. The van der Waals surface area contributed by atoms with Crippen molar-refractivity contribution < 1.29 is 32.6 Å². The summed E-state index contributed by atoms with van der Waals surface area (Å²) in [7, 11) is -1.16. The van der Waals surface area contributed by atoms with E-state index in [-0.39, 0.29) is 30.0 Å². The zero-order valence-electron chi connectivity index (χ0n) is 21.0. The molecule has 0 saturated carbocycles. The number of rotatable bonds is 6. The summed E-state index contributed by atoms with van der Waals surface area (Å²) >= 11 is 0. The molecule has 0 spiro atoms. The van der Waals surface area contributed by atoms with Crippen LogP contribution in [0, 0.1) is 0 Å². The van der Waals surface area contributed by atoms with Gasteiger partial charge < -0.3 is 19.5 Å². The maximum Gasteiger partial charge on any atom is 0.326 e. The van der Waals surface area contributed by atoms with Gasteiger partial charge in [-0.3, -0.25) is 10.1 Å². The monoisotopic (exact) mass is 536 g/mol. The van der Waals surface area contributed by atoms with E-state index in [1.807, 2.05) is 24.3 Å². The molecule has 38 heavy (non-hydrogen) atoms. The Morgan fingerprint density at radius 3 is 2.24 bits per heavy atom. The zero-order chi connectivity index (χ0) is 27.0. The van der Waals surface area contributed by atoms with Gasteiger partial charge in [0.1, 0.15) is 11.4 Å². The number of benzene rings is 3. The number of nitrogens with one attached hydrogen (secondary N) is 1. The first kappa shape index (κ1) is 25.7. The minimum Gasteiger partial charge on any atom is -0.493 e. The van der Waals surface area contributed by atoms with Gasteiger partial charge in [0.05, 0.1) is 25.2 Å². The molecule has 1 amide bonds. The summed E-state index contributed by atoms with van der Waals surface area (Å²) in [4.78, 5) is 27.3. The molecule has 3 aromatic rings. The van der Waals surface area contributed by atoms with Crippen molar-refractivity contribution >= 4 is 21.7 Å². The highest BCUT2D eigenvalue weighted by atomic mass is 32.2. The maximum atomic E-state index is 13.9. The molecular formula is C28H28N2O7S. The number of ether oxygens (including phenoxy) is 2. The van der Waals surface area contributed by atoms with Crippen LogP contribution in [0.25, 0.3) is 0 Å². The van der Waals surface area contributed by atoms with Gasteiger partial charge in [0, 0.05) is 19.0 Å². The standard InChI is InChI=1S/C28H28N2O7S/c1-36-24-12-11-20(15-25(24)37-2)38(34,35)26-21-10-6-5-8-18(21)13-22(29-26)27(31)30-16-19-9-4-3-7-17(19)14-23(30)28(32)33/h3-12,15,22-23,26,29H,13-14,16H2,1-2H3,(H,32,33)/t22?,23-,26?/m0/s1. The molecule has 0 aromatic heterocycles. The van der Waals surface area contributed by atoms with Gasteiger partial charge in [0.15, 0.2) is 21.3 Å². The number of methoxy groups -OCH3 is 2. The Balaban J connectivity index is 1.51. The normalized spacial score (nSPS) is 20.7. The first-order valence-electron chi connectivity index (χ1n) is 12.1. The number of carboxylic acid groups (broad SMARTS) is 1. The number of carboxylic acids is 1. The van der Waals surface area contributed by atoms with Gasteiger partial charge in [-0.15, -0.1) is 0 Å². The molecule has 2 aliphatic rings. The van der Waals surface area contributed by atoms with Crippen LogP contribution in [-0.4, -0.2) is 56.6 Å². The van der Waals surface area contributed by atoms with E-state index < -0.39 is 39.2 Å². The van der Waals surface area contributed by atoms with Gasteiger partial charge in [-0.05, 0) is 40.8 Å². The van der Waals surface area contributed by atoms with Crippen molar-refractivity contribution in [1.82, 2.24) is 10.2 Å². The Bertz CT molecular complexity index is 1500. The van der Waals surface area contributed by atoms with E-state index in [9.17, 15) is 23.1 Å². The fourth-order valence-corrected chi connectivity index (χ4v) is 6.96. The highest BCUT2D eigenvalue weighted by Gasteiger charge is 2.43. The molecule has 10 heteroatoms. The molecular weight excluding hydrogens is 508 g/mol. The summed E-state index contributed by atoms with van der Waals surface area (Å²) < 4.78 is 38.4. The van der Waals surface area contributed by atoms with Crippen LogP contribution < -0.4 is 14.8 Å². The largest absolute Gasteiger partial charge is 0.493 e. The van der Waals surface area contributed by atoms with Crippen LogP contribution in [0.4, 0.5) is 0 Å². The number of nitrogens with zero attached hydrogens (tertiary/aromatic N) is 1. The first-order valence-corrected chi connectivity index (χ1v) is 13.7. The van der Waals surface area contributed by atoms with E-state index >= 15 is 0 Å². The third kappa shape index (κ3) is 4.50. The molecule has 0 saturated heterocycles. The lowest BCUT2D eigenvalue weighted by atomic mass is 9.91. The highest BCUT2D eigenvalue weighted by Crippen LogP contribution is 2.37. The molecule has 9 nitrogen and oxygen atoms in total. The van der Waals surface area contributed by atoms with Crippen molar-refractivity contribution in [2.75, 3.05) is 14.2 Å². The minimum atomic E-state index is -4.04. The lowest BCUT2D eigenvalue weighted by Gasteiger charge is -2.39. The third-order valence-electron chi connectivity index (χ3n) is 7.22. The second-order valence-corrected chi connectivity index (χ2v) is 11.4. The second kappa shape index (κ2) is 10.1. The summed E-state index contributed by atoms with van der Waals surface area (Å²) in [5.74, 6) is -0.893. The Labute approximate surface area is 220 Å². The van der Waals surface area contributed by atoms with E-state index in [0.29, 0.717) is 16.9 Å². The van der Waals surface area contributed by atoms with Crippen LogP contribution in [0.1, 0.15) is 27.6 Å². The fourth-order valence-electron chi connectivity index (χ4n) is 5.25. The first-order chi connectivity index (χ1) is 18.2. The lowest BCUT2D eigenvalue weighted by molar-refractivity contribution is -0.152. The smallest absolute Gasteiger partial charge is 0.326 e. The van der Waals surface area contributed by atoms with Crippen LogP contribution in [0.15, 0.2) is 71.6 Å². The average molecular weight is 537 g/mol. The average Bonchev–Trinajstić information content (AvgIpc) is 2.94. The van der Waals surface area contributed by atoms with Crippen molar-refractivity contribution in [2.45, 2.75) is 41.7 Å². The van der Waals surface area contributed by atoms with Crippen molar-refractivity contribution in [3.8, 4) is 11.5 Å². The highest BCUT2D eigenvalue weighted by molar-refractivity contribution is 7.91. The van der Waals surface area contributed by atoms with Crippen molar-refractivity contribution in [2.24, 2.45) is 0 Å². The summed E-state index contributed by atoms with van der Waals surface area (Å²) in [6.45, 7) is 0.138. The molecule has 2 unspecified atom stereocenters. The molecule has 3 atom stereocenters. The molecule has 0 fully saturated rings. The van der Waals surface area contributed by atoms with Crippen molar-refractivity contribution in [3.05, 3.63) is 89.0 Å². The number of sulfone groups is 1. The van der Waals surface area contributed by atoms with Gasteiger partial charge in [-0.1, -0.05) is 48.5 Å². The topological polar surface area (TPSA) is 122 Å². The molecule has 2 N–H and O–H groups in total. The van der Waals surface area contributed by atoms with Gasteiger partial charge >= 0.3 is 5.97 Å². The second-order valence-electron chi connectivity index (χ2n) is 9.36. The van der Waals surface area contributed by atoms with Crippen molar-refractivity contribution in [1.29, 1.82) is 0 Å². The number of carbonyl (C=O) groups is 2. The van der Waals surface area contributed by atoms with E-state index in [1.54, 1.807) is 24.3 Å². The zero-order valence-corrected chi connectivity index (χ0v) is 21.8. The molecule has 0 bridgehead atoms. The van der Waals surface area contributed by atoms with Crippen LogP contribution in [-0.2, 0) is 38.8 Å². The molecule has 2 aliphatic heterocycles. The van der Waals surface area contributed by atoms with Gasteiger partial charge in [0.25, 0.3) is 0 Å². The van der Waals surface area contributed by atoms with Crippen LogP contribution in [0.3, 0.4) is 0 Å². The Hall–Kier alpha value is -3.89. The van der Waals surface area contributed by atoms with Gasteiger partial charge in [-0.25, -0.2) is 13.2 Å². The number of hydrogen-bond donors (Lipinski definition) is 2. The molecule has 0 radical (unpaired) electrons. The molecule has 2 heterocycles. The predicted molar refractivity (Wildman–Crippen MR) is 139 cm³/mol. The Morgan fingerprint density at radius 1 is 0.895 bits per heavy atom. The SMILES string of the molecule is COc1ccc(S(=O)(=O)C2NC(C(=O)N3Cc4ccccc4C[C@H]3C(=O)O)Cc3ccccc32)cc1OC. The van der Waals surface area contributed by atoms with Gasteiger partial charge in [-0.2, -0.15) is 0 Å².